The second-order valence-corrected chi connectivity index (χ2v) is 5.13. The standard InChI is InChI=1S/C12H10IN5O/c1-8-4-9(13)2-3-10(8)16-12(19)6-18-7-15-11(5-14)17-18/h2-4,7H,6H2,1H3,(H,16,19). The van der Waals surface area contributed by atoms with Crippen LogP contribution in [0.1, 0.15) is 11.4 Å². The molecule has 0 aliphatic heterocycles. The first-order chi connectivity index (χ1) is 9.08. The number of halogens is 1. The second-order valence-electron chi connectivity index (χ2n) is 3.88. The Morgan fingerprint density at radius 1 is 1.58 bits per heavy atom. The van der Waals surface area contributed by atoms with Gasteiger partial charge in [-0.05, 0) is 53.3 Å². The third-order valence-corrected chi connectivity index (χ3v) is 3.08. The fraction of sp³-hybridized carbons (Fsp3) is 0.167. The van der Waals surface area contributed by atoms with E-state index in [2.05, 4.69) is 38.0 Å². The highest BCUT2D eigenvalue weighted by atomic mass is 127. The molecule has 0 bridgehead atoms. The number of nitrogens with zero attached hydrogens (tertiary/aromatic N) is 4. The topological polar surface area (TPSA) is 83.6 Å². The van der Waals surface area contributed by atoms with Crippen molar-refractivity contribution in [2.45, 2.75) is 13.5 Å². The molecule has 1 aromatic carbocycles. The van der Waals surface area contributed by atoms with Crippen LogP contribution in [0.4, 0.5) is 5.69 Å². The third kappa shape index (κ3) is 3.51. The lowest BCUT2D eigenvalue weighted by Crippen LogP contribution is -2.19. The molecular formula is C12H10IN5O. The highest BCUT2D eigenvalue weighted by molar-refractivity contribution is 14.1. The Morgan fingerprint density at radius 3 is 3.00 bits per heavy atom. The van der Waals surface area contributed by atoms with Gasteiger partial charge in [-0.25, -0.2) is 9.67 Å². The zero-order chi connectivity index (χ0) is 13.8. The number of carbonyl (C=O) groups excluding carboxylic acids is 1. The van der Waals surface area contributed by atoms with Gasteiger partial charge in [-0.3, -0.25) is 4.79 Å². The summed E-state index contributed by atoms with van der Waals surface area (Å²) in [5.74, 6) is -0.156. The molecule has 0 radical (unpaired) electrons. The summed E-state index contributed by atoms with van der Waals surface area (Å²) < 4.78 is 2.44. The minimum Gasteiger partial charge on any atom is -0.324 e. The van der Waals surface area contributed by atoms with Crippen molar-refractivity contribution in [3.8, 4) is 6.07 Å². The number of benzene rings is 1. The van der Waals surface area contributed by atoms with Crippen molar-refractivity contribution < 1.29 is 4.79 Å². The van der Waals surface area contributed by atoms with E-state index in [1.165, 1.54) is 11.0 Å². The van der Waals surface area contributed by atoms with Crippen molar-refractivity contribution in [1.29, 1.82) is 5.26 Å². The van der Waals surface area contributed by atoms with Crippen LogP contribution in [0.15, 0.2) is 24.5 Å². The molecule has 0 spiro atoms. The molecular weight excluding hydrogens is 357 g/mol. The summed E-state index contributed by atoms with van der Waals surface area (Å²) in [5, 5.41) is 15.2. The number of nitriles is 1. The SMILES string of the molecule is Cc1cc(I)ccc1NC(=O)Cn1cnc(C#N)n1. The van der Waals surface area contributed by atoms with Gasteiger partial charge in [0.15, 0.2) is 0 Å². The van der Waals surface area contributed by atoms with Gasteiger partial charge in [0.2, 0.25) is 5.91 Å². The fourth-order valence-electron chi connectivity index (χ4n) is 1.53. The molecule has 6 nitrogen and oxygen atoms in total. The first-order valence-corrected chi connectivity index (χ1v) is 6.52. The quantitative estimate of drug-likeness (QED) is 0.838. The van der Waals surface area contributed by atoms with Gasteiger partial charge < -0.3 is 5.32 Å². The van der Waals surface area contributed by atoms with Gasteiger partial charge in [0.05, 0.1) is 0 Å². The van der Waals surface area contributed by atoms with Crippen LogP contribution in [0.5, 0.6) is 0 Å². The van der Waals surface area contributed by atoms with Crippen molar-refractivity contribution in [3.05, 3.63) is 39.5 Å². The summed E-state index contributed by atoms with van der Waals surface area (Å²) in [5.41, 5.74) is 1.77. The second kappa shape index (κ2) is 5.79. The summed E-state index contributed by atoms with van der Waals surface area (Å²) >= 11 is 2.22. The summed E-state index contributed by atoms with van der Waals surface area (Å²) in [4.78, 5) is 15.6. The van der Waals surface area contributed by atoms with E-state index in [1.807, 2.05) is 31.2 Å². The van der Waals surface area contributed by atoms with Gasteiger partial charge in [0, 0.05) is 9.26 Å². The molecule has 0 saturated heterocycles. The number of carbonyl (C=O) groups is 1. The Balaban J connectivity index is 2.03. The minimum atomic E-state index is -0.210. The lowest BCUT2D eigenvalue weighted by atomic mass is 10.2. The van der Waals surface area contributed by atoms with Gasteiger partial charge in [0.1, 0.15) is 18.9 Å². The number of amides is 1. The number of nitrogens with one attached hydrogen (secondary N) is 1. The molecule has 0 unspecified atom stereocenters. The molecule has 0 atom stereocenters. The number of aromatic nitrogens is 3. The number of hydrogen-bond donors (Lipinski definition) is 1. The number of rotatable bonds is 3. The smallest absolute Gasteiger partial charge is 0.252 e. The summed E-state index contributed by atoms with van der Waals surface area (Å²) in [6.07, 6.45) is 1.36. The predicted molar refractivity (Wildman–Crippen MR) is 77.3 cm³/mol. The number of anilines is 1. The summed E-state index contributed by atoms with van der Waals surface area (Å²) in [6.45, 7) is 1.96. The molecule has 96 valence electrons. The Kier molecular flexibility index (Phi) is 4.11. The fourth-order valence-corrected chi connectivity index (χ4v) is 2.17. The van der Waals surface area contributed by atoms with Crippen LogP contribution in [0, 0.1) is 21.8 Å². The molecule has 7 heteroatoms. The third-order valence-electron chi connectivity index (χ3n) is 2.40. The first-order valence-electron chi connectivity index (χ1n) is 5.44. The van der Waals surface area contributed by atoms with Gasteiger partial charge in [-0.2, -0.15) is 5.26 Å². The van der Waals surface area contributed by atoms with Crippen molar-refractivity contribution >= 4 is 34.2 Å². The van der Waals surface area contributed by atoms with E-state index in [-0.39, 0.29) is 18.3 Å². The Hall–Kier alpha value is -1.95. The van der Waals surface area contributed by atoms with Crippen LogP contribution in [-0.2, 0) is 11.3 Å². The number of hydrogen-bond acceptors (Lipinski definition) is 4. The molecule has 1 N–H and O–H groups in total. The summed E-state index contributed by atoms with van der Waals surface area (Å²) in [6, 6.07) is 7.58. The zero-order valence-corrected chi connectivity index (χ0v) is 12.2. The molecule has 0 saturated carbocycles. The van der Waals surface area contributed by atoms with Gasteiger partial charge in [-0.1, -0.05) is 0 Å². The van der Waals surface area contributed by atoms with E-state index >= 15 is 0 Å². The maximum atomic E-state index is 11.8. The van der Waals surface area contributed by atoms with E-state index in [0.717, 1.165) is 14.8 Å². The monoisotopic (exact) mass is 367 g/mol. The van der Waals surface area contributed by atoms with E-state index in [1.54, 1.807) is 0 Å². The Labute approximate surface area is 123 Å². The van der Waals surface area contributed by atoms with Gasteiger partial charge in [-0.15, -0.1) is 5.10 Å². The Morgan fingerprint density at radius 2 is 2.37 bits per heavy atom. The maximum absolute atomic E-state index is 11.8. The molecule has 2 rings (SSSR count). The van der Waals surface area contributed by atoms with Crippen LogP contribution >= 0.6 is 22.6 Å². The van der Waals surface area contributed by atoms with Gasteiger partial charge in [0.25, 0.3) is 5.82 Å². The van der Waals surface area contributed by atoms with Crippen molar-refractivity contribution in [2.75, 3.05) is 5.32 Å². The lowest BCUT2D eigenvalue weighted by molar-refractivity contribution is -0.116. The molecule has 1 amide bonds. The maximum Gasteiger partial charge on any atom is 0.252 e. The Bertz CT molecular complexity index is 658. The first kappa shape index (κ1) is 13.5. The molecule has 0 fully saturated rings. The molecule has 1 aromatic heterocycles. The lowest BCUT2D eigenvalue weighted by Gasteiger charge is -2.08. The normalized spacial score (nSPS) is 9.95. The molecule has 0 aliphatic carbocycles. The van der Waals surface area contributed by atoms with E-state index in [0.29, 0.717) is 0 Å². The van der Waals surface area contributed by atoms with Crippen LogP contribution in [0.25, 0.3) is 0 Å². The van der Waals surface area contributed by atoms with Gasteiger partial charge >= 0.3 is 0 Å². The molecule has 0 aliphatic rings. The highest BCUT2D eigenvalue weighted by Gasteiger charge is 2.07. The van der Waals surface area contributed by atoms with Crippen LogP contribution in [0.3, 0.4) is 0 Å². The van der Waals surface area contributed by atoms with Crippen LogP contribution in [-0.4, -0.2) is 20.7 Å². The largest absolute Gasteiger partial charge is 0.324 e. The minimum absolute atomic E-state index is 0.0279. The molecule has 1 heterocycles. The van der Waals surface area contributed by atoms with E-state index in [4.69, 9.17) is 5.26 Å². The zero-order valence-electron chi connectivity index (χ0n) is 10.1. The number of aryl methyl sites for hydroxylation is 1. The average Bonchev–Trinajstić information content (AvgIpc) is 2.80. The van der Waals surface area contributed by atoms with Crippen LogP contribution < -0.4 is 5.32 Å². The van der Waals surface area contributed by atoms with Crippen LogP contribution in [0.2, 0.25) is 0 Å². The average molecular weight is 367 g/mol. The molecule has 19 heavy (non-hydrogen) atoms. The molecule has 2 aromatic rings. The van der Waals surface area contributed by atoms with Crippen molar-refractivity contribution in [1.82, 2.24) is 14.8 Å². The van der Waals surface area contributed by atoms with Crippen molar-refractivity contribution in [3.63, 3.8) is 0 Å². The van der Waals surface area contributed by atoms with E-state index in [9.17, 15) is 4.79 Å². The van der Waals surface area contributed by atoms with E-state index < -0.39 is 0 Å². The predicted octanol–water partition coefficient (Wildman–Crippen LogP) is 1.70. The summed E-state index contributed by atoms with van der Waals surface area (Å²) in [7, 11) is 0. The van der Waals surface area contributed by atoms with Crippen molar-refractivity contribution in [2.24, 2.45) is 0 Å². The highest BCUT2D eigenvalue weighted by Crippen LogP contribution is 2.17.